The van der Waals surface area contributed by atoms with Crippen LogP contribution in [0.5, 0.6) is 0 Å². The molecule has 5 rings (SSSR count). The lowest BCUT2D eigenvalue weighted by Gasteiger charge is -2.18. The highest BCUT2D eigenvalue weighted by Gasteiger charge is 2.58. The van der Waals surface area contributed by atoms with Crippen LogP contribution < -0.4 is 10.6 Å². The number of nitrogen functional groups attached to an aromatic ring is 1. The Kier molecular flexibility index (Phi) is 4.09. The van der Waals surface area contributed by atoms with Crippen LogP contribution in [0.2, 0.25) is 0 Å². The van der Waals surface area contributed by atoms with Crippen molar-refractivity contribution in [3.63, 3.8) is 0 Å². The van der Waals surface area contributed by atoms with E-state index in [1.54, 1.807) is 36.3 Å². The summed E-state index contributed by atoms with van der Waals surface area (Å²) in [5, 5.41) is 12.7. The predicted molar refractivity (Wildman–Crippen MR) is 110 cm³/mol. The Labute approximate surface area is 172 Å². The minimum Gasteiger partial charge on any atom is -0.398 e. The Balaban J connectivity index is 1.46. The van der Waals surface area contributed by atoms with Crippen molar-refractivity contribution >= 4 is 17.2 Å². The number of anilines is 2. The van der Waals surface area contributed by atoms with Crippen molar-refractivity contribution in [1.29, 1.82) is 5.41 Å². The van der Waals surface area contributed by atoms with Gasteiger partial charge in [0.1, 0.15) is 24.1 Å². The number of alkyl halides is 1. The lowest BCUT2D eigenvalue weighted by Crippen LogP contribution is -2.22. The third-order valence-electron chi connectivity index (χ3n) is 6.13. The Morgan fingerprint density at radius 2 is 2.10 bits per heavy atom. The first-order chi connectivity index (χ1) is 14.4. The molecule has 3 heterocycles. The van der Waals surface area contributed by atoms with E-state index in [9.17, 15) is 8.78 Å². The van der Waals surface area contributed by atoms with Crippen molar-refractivity contribution in [3.8, 4) is 11.1 Å². The van der Waals surface area contributed by atoms with Gasteiger partial charge in [0.2, 0.25) is 0 Å². The van der Waals surface area contributed by atoms with Crippen LogP contribution in [0.4, 0.5) is 20.3 Å². The van der Waals surface area contributed by atoms with E-state index in [0.717, 1.165) is 13.0 Å². The zero-order chi connectivity index (χ0) is 21.0. The van der Waals surface area contributed by atoms with Gasteiger partial charge in [0.25, 0.3) is 0 Å². The molecule has 154 valence electrons. The number of hydrogen-bond donors (Lipinski definition) is 2. The molecule has 1 aromatic carbocycles. The average molecular weight is 409 g/mol. The smallest absolute Gasteiger partial charge is 0.133 e. The van der Waals surface area contributed by atoms with Crippen LogP contribution in [-0.4, -0.2) is 44.7 Å². The first-order valence-electron chi connectivity index (χ1n) is 9.75. The van der Waals surface area contributed by atoms with E-state index in [2.05, 4.69) is 15.1 Å². The van der Waals surface area contributed by atoms with Crippen molar-refractivity contribution in [2.75, 3.05) is 23.7 Å². The molecular weight excluding hydrogens is 388 g/mol. The molecule has 1 saturated heterocycles. The zero-order valence-corrected chi connectivity index (χ0v) is 16.4. The third-order valence-corrected chi connectivity index (χ3v) is 6.13. The van der Waals surface area contributed by atoms with E-state index < -0.39 is 12.0 Å². The van der Waals surface area contributed by atoms with Crippen LogP contribution in [0.3, 0.4) is 0 Å². The Bertz CT molecular complexity index is 1160. The monoisotopic (exact) mass is 409 g/mol. The summed E-state index contributed by atoms with van der Waals surface area (Å²) in [5.41, 5.74) is 7.71. The van der Waals surface area contributed by atoms with Crippen LogP contribution in [0.25, 0.3) is 11.1 Å². The second-order valence-corrected chi connectivity index (χ2v) is 8.16. The van der Waals surface area contributed by atoms with Crippen molar-refractivity contribution in [3.05, 3.63) is 54.0 Å². The highest BCUT2D eigenvalue weighted by molar-refractivity contribution is 6.13. The minimum atomic E-state index is -0.730. The van der Waals surface area contributed by atoms with Crippen LogP contribution in [0, 0.1) is 16.6 Å². The Morgan fingerprint density at radius 3 is 2.77 bits per heavy atom. The molecule has 0 amide bonds. The Morgan fingerprint density at radius 1 is 1.30 bits per heavy atom. The van der Waals surface area contributed by atoms with Gasteiger partial charge in [0, 0.05) is 60.2 Å². The molecule has 2 aromatic heterocycles. The molecule has 3 N–H and O–H groups in total. The van der Waals surface area contributed by atoms with Gasteiger partial charge in [-0.05, 0) is 25.0 Å². The van der Waals surface area contributed by atoms with Gasteiger partial charge in [-0.1, -0.05) is 0 Å². The fraction of sp³-hybridized carbons (Fsp3) is 0.333. The summed E-state index contributed by atoms with van der Waals surface area (Å²) in [6.45, 7) is 1.36. The standard InChI is InChI=1S/C21H21F2N7/c1-29-9-12(8-28-29)13-4-14(16(24)5-15(13)22)20(25)17-6-19(27-11-26-17)30-3-2-21(10-30)7-18(21)23/h4-6,8-9,11,18,25H,2-3,7,10,24H2,1H3/t18-,21?/m0/s1. The van der Waals surface area contributed by atoms with Gasteiger partial charge in [-0.3, -0.25) is 10.1 Å². The number of rotatable bonds is 4. The van der Waals surface area contributed by atoms with E-state index in [1.165, 1.54) is 12.4 Å². The zero-order valence-electron chi connectivity index (χ0n) is 16.4. The second-order valence-electron chi connectivity index (χ2n) is 8.16. The van der Waals surface area contributed by atoms with Crippen molar-refractivity contribution in [2.24, 2.45) is 12.5 Å². The van der Waals surface area contributed by atoms with Gasteiger partial charge in [-0.2, -0.15) is 5.10 Å². The molecule has 1 aliphatic heterocycles. The van der Waals surface area contributed by atoms with Crippen LogP contribution >= 0.6 is 0 Å². The van der Waals surface area contributed by atoms with E-state index in [-0.39, 0.29) is 16.8 Å². The largest absolute Gasteiger partial charge is 0.398 e. The molecular formula is C21H21F2N7. The van der Waals surface area contributed by atoms with Crippen molar-refractivity contribution < 1.29 is 8.78 Å². The molecule has 0 bridgehead atoms. The predicted octanol–water partition coefficient (Wildman–Crippen LogP) is 2.95. The maximum atomic E-state index is 14.5. The maximum Gasteiger partial charge on any atom is 0.133 e. The summed E-state index contributed by atoms with van der Waals surface area (Å²) in [4.78, 5) is 10.6. The third kappa shape index (κ3) is 3.01. The first kappa shape index (κ1) is 18.7. The van der Waals surface area contributed by atoms with E-state index in [0.29, 0.717) is 41.2 Å². The summed E-state index contributed by atoms with van der Waals surface area (Å²) >= 11 is 0. The molecule has 2 aliphatic rings. The molecule has 1 aliphatic carbocycles. The average Bonchev–Trinajstić information content (AvgIpc) is 3.05. The molecule has 1 spiro atoms. The fourth-order valence-electron chi connectivity index (χ4n) is 4.19. The van der Waals surface area contributed by atoms with Crippen LogP contribution in [0.15, 0.2) is 36.9 Å². The van der Waals surface area contributed by atoms with Crippen LogP contribution in [0.1, 0.15) is 24.1 Å². The van der Waals surface area contributed by atoms with Gasteiger partial charge in [0.15, 0.2) is 0 Å². The lowest BCUT2D eigenvalue weighted by molar-refractivity contribution is 0.379. The number of aryl methyl sites for hydroxylation is 1. The number of aromatic nitrogens is 4. The summed E-state index contributed by atoms with van der Waals surface area (Å²) < 4.78 is 29.8. The molecule has 0 radical (unpaired) electrons. The molecule has 9 heteroatoms. The van der Waals surface area contributed by atoms with Crippen molar-refractivity contribution in [1.82, 2.24) is 19.7 Å². The minimum absolute atomic E-state index is 0.0741. The number of halogens is 2. The summed E-state index contributed by atoms with van der Waals surface area (Å²) in [5.74, 6) is 0.182. The van der Waals surface area contributed by atoms with E-state index >= 15 is 0 Å². The summed E-state index contributed by atoms with van der Waals surface area (Å²) in [7, 11) is 1.75. The van der Waals surface area contributed by atoms with E-state index in [4.69, 9.17) is 11.1 Å². The van der Waals surface area contributed by atoms with Gasteiger partial charge in [-0.15, -0.1) is 0 Å². The lowest BCUT2D eigenvalue weighted by atomic mass is 9.99. The molecule has 30 heavy (non-hydrogen) atoms. The van der Waals surface area contributed by atoms with Gasteiger partial charge >= 0.3 is 0 Å². The van der Waals surface area contributed by atoms with Gasteiger partial charge < -0.3 is 10.6 Å². The SMILES string of the molecule is Cn1cc(-c2cc(C(=N)c3cc(N4CCC5(C[C@@H]5F)C4)ncn3)c(N)cc2F)cn1. The number of nitrogens with one attached hydrogen (secondary N) is 1. The first-order valence-corrected chi connectivity index (χ1v) is 9.75. The highest BCUT2D eigenvalue weighted by Crippen LogP contribution is 2.55. The van der Waals surface area contributed by atoms with E-state index in [1.807, 2.05) is 4.90 Å². The van der Waals surface area contributed by atoms with Crippen molar-refractivity contribution in [2.45, 2.75) is 19.0 Å². The topological polar surface area (TPSA) is 96.7 Å². The molecule has 3 aromatic rings. The summed E-state index contributed by atoms with van der Waals surface area (Å²) in [6.07, 6.45) is 5.34. The summed E-state index contributed by atoms with van der Waals surface area (Å²) in [6, 6.07) is 4.48. The van der Waals surface area contributed by atoms with Crippen LogP contribution in [-0.2, 0) is 7.05 Å². The number of nitrogens with zero attached hydrogens (tertiary/aromatic N) is 5. The fourth-order valence-corrected chi connectivity index (χ4v) is 4.19. The normalized spacial score (nSPS) is 22.6. The molecule has 1 unspecified atom stereocenters. The molecule has 2 atom stereocenters. The van der Waals surface area contributed by atoms with Gasteiger partial charge in [0.05, 0.1) is 17.6 Å². The Hall–Kier alpha value is -3.36. The number of hydrogen-bond acceptors (Lipinski definition) is 6. The van der Waals surface area contributed by atoms with Gasteiger partial charge in [-0.25, -0.2) is 18.7 Å². The number of nitrogens with two attached hydrogens (primary N) is 1. The maximum absolute atomic E-state index is 14.5. The molecule has 1 saturated carbocycles. The highest BCUT2D eigenvalue weighted by atomic mass is 19.1. The number of benzene rings is 1. The second kappa shape index (κ2) is 6.58. The quantitative estimate of drug-likeness (QED) is 0.510. The molecule has 7 nitrogen and oxygen atoms in total. The molecule has 2 fully saturated rings.